The van der Waals surface area contributed by atoms with Crippen molar-refractivity contribution in [3.63, 3.8) is 0 Å². The molecule has 0 spiro atoms. The van der Waals surface area contributed by atoms with Gasteiger partial charge in [0.1, 0.15) is 28.2 Å². The molecule has 1 aromatic rings. The van der Waals surface area contributed by atoms with E-state index >= 15 is 0 Å². The number of ketones is 2. The molecule has 4 N–H and O–H groups in total. The molecule has 0 fully saturated rings. The van der Waals surface area contributed by atoms with Crippen molar-refractivity contribution in [1.82, 2.24) is 0 Å². The van der Waals surface area contributed by atoms with E-state index in [1.54, 1.807) is 0 Å². The van der Waals surface area contributed by atoms with Crippen LogP contribution in [0.5, 0.6) is 17.2 Å². The summed E-state index contributed by atoms with van der Waals surface area (Å²) in [5.41, 5.74) is -1.89. The predicted molar refractivity (Wildman–Crippen MR) is 84.1 cm³/mol. The van der Waals surface area contributed by atoms with Crippen LogP contribution in [-0.2, 0) is 14.9 Å². The third-order valence-electron chi connectivity index (χ3n) is 5.20. The molecule has 3 rings (SSSR count). The molecule has 25 heavy (non-hydrogen) atoms. The fourth-order valence-corrected chi connectivity index (χ4v) is 3.67. The van der Waals surface area contributed by atoms with E-state index in [2.05, 4.69) is 0 Å². The number of methoxy groups -OCH3 is 1. The number of rotatable bonds is 2. The molecule has 8 heteroatoms. The number of aliphatic hydroxyl groups excluding tert-OH is 2. The minimum absolute atomic E-state index is 0.00451. The van der Waals surface area contributed by atoms with Crippen molar-refractivity contribution < 1.29 is 39.5 Å². The van der Waals surface area contributed by atoms with Gasteiger partial charge in [0, 0.05) is 12.7 Å². The number of hydrogen-bond acceptors (Lipinski definition) is 8. The van der Waals surface area contributed by atoms with Gasteiger partial charge < -0.3 is 29.9 Å². The van der Waals surface area contributed by atoms with Gasteiger partial charge in [0.25, 0.3) is 0 Å². The number of fused-ring (bicyclic) bond motifs is 3. The van der Waals surface area contributed by atoms with Gasteiger partial charge in [0.2, 0.25) is 11.6 Å². The summed E-state index contributed by atoms with van der Waals surface area (Å²) < 4.78 is 11.2. The van der Waals surface area contributed by atoms with E-state index in [0.717, 1.165) is 0 Å². The van der Waals surface area contributed by atoms with Gasteiger partial charge in [-0.1, -0.05) is 0 Å². The first-order valence-electron chi connectivity index (χ1n) is 7.53. The molecule has 0 saturated heterocycles. The van der Waals surface area contributed by atoms with Crippen molar-refractivity contribution in [2.45, 2.75) is 38.4 Å². The Kier molecular flexibility index (Phi) is 3.34. The minimum atomic E-state index is -1.79. The van der Waals surface area contributed by atoms with Gasteiger partial charge in [-0.15, -0.1) is 0 Å². The van der Waals surface area contributed by atoms with Crippen LogP contribution in [0.4, 0.5) is 0 Å². The number of phenolic OH excluding ortho intramolecular Hbond substituents is 2. The number of aromatic hydroxyl groups is 2. The first-order valence-corrected chi connectivity index (χ1v) is 7.53. The fraction of sp³-hybridized carbons (Fsp3) is 0.412. The molecule has 0 bridgehead atoms. The SMILES string of the molecule is COC12CC(=O)C(O)=C(O)C1(C)c1c(O)c(C)c(O)c(C(C)=O)c1O2. The lowest BCUT2D eigenvalue weighted by Gasteiger charge is -2.42. The Hall–Kier alpha value is -2.74. The van der Waals surface area contributed by atoms with E-state index in [1.807, 2.05) is 0 Å². The summed E-state index contributed by atoms with van der Waals surface area (Å²) in [5.74, 6) is -5.81. The molecule has 2 aliphatic rings. The highest BCUT2D eigenvalue weighted by molar-refractivity contribution is 6.02. The van der Waals surface area contributed by atoms with Crippen LogP contribution in [-0.4, -0.2) is 44.9 Å². The number of allylic oxidation sites excluding steroid dienone is 1. The molecule has 1 aliphatic heterocycles. The molecule has 1 aliphatic carbocycles. The van der Waals surface area contributed by atoms with Gasteiger partial charge in [0.05, 0.1) is 12.0 Å². The van der Waals surface area contributed by atoms with Crippen LogP contribution in [0.15, 0.2) is 11.5 Å². The summed E-state index contributed by atoms with van der Waals surface area (Å²) in [5, 5.41) is 41.3. The molecule has 1 heterocycles. The fourth-order valence-electron chi connectivity index (χ4n) is 3.67. The highest BCUT2D eigenvalue weighted by atomic mass is 16.7. The molecule has 0 saturated carbocycles. The molecule has 134 valence electrons. The van der Waals surface area contributed by atoms with Crippen molar-refractivity contribution in [2.75, 3.05) is 7.11 Å². The number of carbonyl (C=O) groups excluding carboxylic acids is 2. The largest absolute Gasteiger partial charge is 0.507 e. The zero-order valence-corrected chi connectivity index (χ0v) is 14.1. The first kappa shape index (κ1) is 17.1. The second-order valence-electron chi connectivity index (χ2n) is 6.44. The summed E-state index contributed by atoms with van der Waals surface area (Å²) in [6, 6.07) is 0. The molecule has 2 atom stereocenters. The summed E-state index contributed by atoms with van der Waals surface area (Å²) in [6.07, 6.45) is -0.457. The third kappa shape index (κ3) is 1.74. The second kappa shape index (κ2) is 4.89. The van der Waals surface area contributed by atoms with Crippen LogP contribution in [0.25, 0.3) is 0 Å². The summed E-state index contributed by atoms with van der Waals surface area (Å²) >= 11 is 0. The maximum Gasteiger partial charge on any atom is 0.234 e. The van der Waals surface area contributed by atoms with Gasteiger partial charge in [-0.2, -0.15) is 0 Å². The Balaban J connectivity index is 2.50. The maximum atomic E-state index is 12.0. The molecule has 0 radical (unpaired) electrons. The molecule has 8 nitrogen and oxygen atoms in total. The van der Waals surface area contributed by atoms with Crippen molar-refractivity contribution in [2.24, 2.45) is 0 Å². The molecule has 2 unspecified atom stereocenters. The second-order valence-corrected chi connectivity index (χ2v) is 6.44. The van der Waals surface area contributed by atoms with Crippen molar-refractivity contribution >= 4 is 11.6 Å². The van der Waals surface area contributed by atoms with E-state index < -0.39 is 52.2 Å². The lowest BCUT2D eigenvalue weighted by molar-refractivity contribution is -0.201. The number of aliphatic hydroxyl groups is 2. The Morgan fingerprint density at radius 3 is 2.32 bits per heavy atom. The molecular formula is C17H18O8. The van der Waals surface area contributed by atoms with Gasteiger partial charge in [-0.3, -0.25) is 9.59 Å². The van der Waals surface area contributed by atoms with Crippen LogP contribution >= 0.6 is 0 Å². The standard InChI is InChI=1S/C17H18O8/c1-6-11(20)9(7(2)18)14-10(12(6)21)16(3)15(23)13(22)8(19)5-17(16,24-4)25-14/h20-23H,5H2,1-4H3. The summed E-state index contributed by atoms with van der Waals surface area (Å²) in [7, 11) is 1.24. The molecule has 1 aromatic carbocycles. The van der Waals surface area contributed by atoms with Crippen LogP contribution in [0.3, 0.4) is 0 Å². The lowest BCUT2D eigenvalue weighted by atomic mass is 9.68. The number of carbonyl (C=O) groups is 2. The van der Waals surface area contributed by atoms with Gasteiger partial charge in [-0.25, -0.2) is 0 Å². The van der Waals surface area contributed by atoms with Gasteiger partial charge >= 0.3 is 0 Å². The monoisotopic (exact) mass is 350 g/mol. The Bertz CT molecular complexity index is 868. The van der Waals surface area contributed by atoms with E-state index in [9.17, 15) is 30.0 Å². The normalized spacial score (nSPS) is 27.8. The number of Topliss-reactive ketones (excluding diaryl/α,β-unsaturated/α-hetero) is 2. The van der Waals surface area contributed by atoms with Gasteiger partial charge in [-0.05, 0) is 20.8 Å². The average molecular weight is 350 g/mol. The molecular weight excluding hydrogens is 332 g/mol. The third-order valence-corrected chi connectivity index (χ3v) is 5.20. The van der Waals surface area contributed by atoms with E-state index in [-0.39, 0.29) is 22.4 Å². The Labute approximate surface area is 142 Å². The van der Waals surface area contributed by atoms with Crippen molar-refractivity contribution in [1.29, 1.82) is 0 Å². The number of phenols is 2. The van der Waals surface area contributed by atoms with Crippen LogP contribution in [0, 0.1) is 6.92 Å². The number of hydrogen-bond donors (Lipinski definition) is 4. The van der Waals surface area contributed by atoms with E-state index in [0.29, 0.717) is 0 Å². The van der Waals surface area contributed by atoms with Crippen LogP contribution in [0.2, 0.25) is 0 Å². The summed E-state index contributed by atoms with van der Waals surface area (Å²) in [4.78, 5) is 24.1. The quantitative estimate of drug-likeness (QED) is 0.594. The Morgan fingerprint density at radius 1 is 1.20 bits per heavy atom. The highest BCUT2D eigenvalue weighted by Gasteiger charge is 2.67. The molecule has 0 amide bonds. The summed E-state index contributed by atoms with van der Waals surface area (Å²) in [6.45, 7) is 4.01. The van der Waals surface area contributed by atoms with E-state index in [1.165, 1.54) is 27.9 Å². The predicted octanol–water partition coefficient (Wildman–Crippen LogP) is 1.90. The highest BCUT2D eigenvalue weighted by Crippen LogP contribution is 2.62. The van der Waals surface area contributed by atoms with E-state index in [4.69, 9.17) is 9.47 Å². The zero-order chi connectivity index (χ0) is 18.9. The average Bonchev–Trinajstić information content (AvgIpc) is 2.81. The first-order chi connectivity index (χ1) is 11.5. The van der Waals surface area contributed by atoms with Crippen molar-refractivity contribution in [3.8, 4) is 17.2 Å². The maximum absolute atomic E-state index is 12.0. The number of ether oxygens (including phenoxy) is 2. The Morgan fingerprint density at radius 2 is 1.80 bits per heavy atom. The van der Waals surface area contributed by atoms with Crippen molar-refractivity contribution in [3.05, 3.63) is 28.2 Å². The number of benzene rings is 1. The minimum Gasteiger partial charge on any atom is -0.507 e. The van der Waals surface area contributed by atoms with Gasteiger partial charge in [0.15, 0.2) is 17.3 Å². The lowest BCUT2D eigenvalue weighted by Crippen LogP contribution is -2.57. The molecule has 0 aromatic heterocycles. The van der Waals surface area contributed by atoms with Crippen LogP contribution in [0.1, 0.15) is 41.8 Å². The van der Waals surface area contributed by atoms with Crippen LogP contribution < -0.4 is 4.74 Å². The smallest absolute Gasteiger partial charge is 0.234 e. The topological polar surface area (TPSA) is 134 Å². The zero-order valence-electron chi connectivity index (χ0n) is 14.1.